The Morgan fingerprint density at radius 2 is 2.05 bits per heavy atom. The van der Waals surface area contributed by atoms with E-state index in [0.717, 1.165) is 32.0 Å². The lowest BCUT2D eigenvalue weighted by Crippen LogP contribution is -2.35. The molecular formula is C16H23ClFNO. The number of piperidine rings is 1. The van der Waals surface area contributed by atoms with Crippen molar-refractivity contribution in [2.45, 2.75) is 32.6 Å². The second-order valence-electron chi connectivity index (χ2n) is 5.58. The minimum atomic E-state index is -0.293. The molecule has 0 aromatic heterocycles. The van der Waals surface area contributed by atoms with Gasteiger partial charge in [0.25, 0.3) is 0 Å². The quantitative estimate of drug-likeness (QED) is 0.768. The number of rotatable bonds is 5. The average Bonchev–Trinajstić information content (AvgIpc) is 2.39. The molecule has 1 aliphatic rings. The molecule has 0 bridgehead atoms. The molecule has 1 fully saturated rings. The Hall–Kier alpha value is -0.930. The summed E-state index contributed by atoms with van der Waals surface area (Å²) in [6.45, 7) is 5.60. The second-order valence-corrected chi connectivity index (χ2v) is 5.58. The first-order chi connectivity index (χ1) is 9.15. The number of Topliss-reactive ketones (excluding diaryl/α,β-unsaturated/α-hetero) is 1. The molecule has 1 aromatic rings. The van der Waals surface area contributed by atoms with Gasteiger partial charge in [-0.3, -0.25) is 4.79 Å². The standard InChI is InChI=1S/C16H22FNO.ClH/c1-13-4-2-10-18(12-13)11-3-5-16(19)14-6-8-15(17)9-7-14;/h6-9,13H,2-5,10-12H2,1H3;1H. The number of carbonyl (C=O) groups excluding carboxylic acids is 1. The van der Waals surface area contributed by atoms with E-state index in [9.17, 15) is 9.18 Å². The maximum absolute atomic E-state index is 12.8. The van der Waals surface area contributed by atoms with Gasteiger partial charge in [0.15, 0.2) is 5.78 Å². The van der Waals surface area contributed by atoms with Crippen molar-refractivity contribution in [3.05, 3.63) is 35.6 Å². The molecule has 112 valence electrons. The predicted molar refractivity (Wildman–Crippen MR) is 82.1 cm³/mol. The van der Waals surface area contributed by atoms with Crippen LogP contribution in [0.25, 0.3) is 0 Å². The van der Waals surface area contributed by atoms with Gasteiger partial charge in [0.2, 0.25) is 0 Å². The average molecular weight is 300 g/mol. The summed E-state index contributed by atoms with van der Waals surface area (Å²) in [5, 5.41) is 0. The Kier molecular flexibility index (Phi) is 7.17. The maximum atomic E-state index is 12.8. The first kappa shape index (κ1) is 17.1. The summed E-state index contributed by atoms with van der Waals surface area (Å²) < 4.78 is 12.8. The molecule has 1 aliphatic heterocycles. The first-order valence-electron chi connectivity index (χ1n) is 7.16. The topological polar surface area (TPSA) is 20.3 Å². The number of nitrogens with zero attached hydrogens (tertiary/aromatic N) is 1. The molecular weight excluding hydrogens is 277 g/mol. The predicted octanol–water partition coefficient (Wildman–Crippen LogP) is 3.94. The van der Waals surface area contributed by atoms with E-state index in [4.69, 9.17) is 0 Å². The van der Waals surface area contributed by atoms with Crippen LogP contribution in [0.1, 0.15) is 43.0 Å². The molecule has 1 saturated heterocycles. The molecule has 1 aromatic carbocycles. The Labute approximate surface area is 126 Å². The van der Waals surface area contributed by atoms with Crippen LogP contribution in [-0.4, -0.2) is 30.3 Å². The van der Waals surface area contributed by atoms with Gasteiger partial charge < -0.3 is 4.90 Å². The fraction of sp³-hybridized carbons (Fsp3) is 0.562. The van der Waals surface area contributed by atoms with Gasteiger partial charge in [-0.05, 0) is 62.5 Å². The monoisotopic (exact) mass is 299 g/mol. The zero-order valence-electron chi connectivity index (χ0n) is 12.0. The SMILES string of the molecule is CC1CCCN(CCCC(=O)c2ccc(F)cc2)C1.Cl. The molecule has 2 nitrogen and oxygen atoms in total. The third-order valence-corrected chi connectivity index (χ3v) is 3.79. The summed E-state index contributed by atoms with van der Waals surface area (Å²) in [6.07, 6.45) is 4.04. The van der Waals surface area contributed by atoms with Crippen LogP contribution in [0.2, 0.25) is 0 Å². The van der Waals surface area contributed by atoms with Gasteiger partial charge in [-0.2, -0.15) is 0 Å². The lowest BCUT2D eigenvalue weighted by molar-refractivity contribution is 0.0970. The molecule has 0 spiro atoms. The summed E-state index contributed by atoms with van der Waals surface area (Å²) in [5.41, 5.74) is 0.619. The summed E-state index contributed by atoms with van der Waals surface area (Å²) >= 11 is 0. The third kappa shape index (κ3) is 5.22. The van der Waals surface area contributed by atoms with Crippen LogP contribution in [-0.2, 0) is 0 Å². The second kappa shape index (κ2) is 8.38. The molecule has 1 atom stereocenters. The van der Waals surface area contributed by atoms with E-state index in [-0.39, 0.29) is 24.0 Å². The van der Waals surface area contributed by atoms with Crippen LogP contribution in [0.3, 0.4) is 0 Å². The first-order valence-corrected chi connectivity index (χ1v) is 7.16. The normalized spacial score (nSPS) is 19.4. The summed E-state index contributed by atoms with van der Waals surface area (Å²) in [7, 11) is 0. The number of carbonyl (C=O) groups is 1. The fourth-order valence-corrected chi connectivity index (χ4v) is 2.73. The Morgan fingerprint density at radius 1 is 1.35 bits per heavy atom. The molecule has 0 amide bonds. The molecule has 1 heterocycles. The Morgan fingerprint density at radius 3 is 2.70 bits per heavy atom. The highest BCUT2D eigenvalue weighted by atomic mass is 35.5. The highest BCUT2D eigenvalue weighted by Crippen LogP contribution is 2.16. The van der Waals surface area contributed by atoms with Crippen LogP contribution in [0.15, 0.2) is 24.3 Å². The minimum absolute atomic E-state index is 0. The van der Waals surface area contributed by atoms with Gasteiger partial charge in [-0.1, -0.05) is 6.92 Å². The van der Waals surface area contributed by atoms with Crippen molar-refractivity contribution in [3.63, 3.8) is 0 Å². The smallest absolute Gasteiger partial charge is 0.162 e. The molecule has 4 heteroatoms. The van der Waals surface area contributed by atoms with Gasteiger partial charge in [0.05, 0.1) is 0 Å². The highest BCUT2D eigenvalue weighted by Gasteiger charge is 2.16. The molecule has 0 saturated carbocycles. The van der Waals surface area contributed by atoms with Crippen molar-refractivity contribution in [1.29, 1.82) is 0 Å². The van der Waals surface area contributed by atoms with E-state index in [1.165, 1.54) is 25.0 Å². The van der Waals surface area contributed by atoms with Crippen molar-refractivity contribution in [3.8, 4) is 0 Å². The molecule has 20 heavy (non-hydrogen) atoms. The third-order valence-electron chi connectivity index (χ3n) is 3.79. The number of hydrogen-bond acceptors (Lipinski definition) is 2. The van der Waals surface area contributed by atoms with Gasteiger partial charge in [0.1, 0.15) is 5.82 Å². The van der Waals surface area contributed by atoms with Crippen LogP contribution in [0.4, 0.5) is 4.39 Å². The minimum Gasteiger partial charge on any atom is -0.303 e. The van der Waals surface area contributed by atoms with E-state index < -0.39 is 0 Å². The fourth-order valence-electron chi connectivity index (χ4n) is 2.73. The molecule has 1 unspecified atom stereocenters. The van der Waals surface area contributed by atoms with Crippen LogP contribution in [0, 0.1) is 11.7 Å². The number of hydrogen-bond donors (Lipinski definition) is 0. The van der Waals surface area contributed by atoms with Crippen molar-refractivity contribution in [1.82, 2.24) is 4.90 Å². The largest absolute Gasteiger partial charge is 0.303 e. The van der Waals surface area contributed by atoms with E-state index in [1.54, 1.807) is 12.1 Å². The highest BCUT2D eigenvalue weighted by molar-refractivity contribution is 5.95. The van der Waals surface area contributed by atoms with E-state index in [0.29, 0.717) is 12.0 Å². The number of likely N-dealkylation sites (tertiary alicyclic amines) is 1. The Balaban J connectivity index is 0.00000200. The summed E-state index contributed by atoms with van der Waals surface area (Å²) in [4.78, 5) is 14.4. The zero-order valence-corrected chi connectivity index (χ0v) is 12.8. The van der Waals surface area contributed by atoms with Crippen molar-refractivity contribution < 1.29 is 9.18 Å². The van der Waals surface area contributed by atoms with Crippen LogP contribution in [0.5, 0.6) is 0 Å². The van der Waals surface area contributed by atoms with Crippen LogP contribution < -0.4 is 0 Å². The van der Waals surface area contributed by atoms with Gasteiger partial charge in [-0.25, -0.2) is 4.39 Å². The zero-order chi connectivity index (χ0) is 13.7. The van der Waals surface area contributed by atoms with E-state index >= 15 is 0 Å². The number of benzene rings is 1. The number of halogens is 2. The molecule has 2 rings (SSSR count). The van der Waals surface area contributed by atoms with Crippen molar-refractivity contribution in [2.75, 3.05) is 19.6 Å². The maximum Gasteiger partial charge on any atom is 0.162 e. The summed E-state index contributed by atoms with van der Waals surface area (Å²) in [5.74, 6) is 0.602. The van der Waals surface area contributed by atoms with E-state index in [1.807, 2.05) is 0 Å². The van der Waals surface area contributed by atoms with Gasteiger partial charge in [-0.15, -0.1) is 12.4 Å². The van der Waals surface area contributed by atoms with E-state index in [2.05, 4.69) is 11.8 Å². The molecule has 0 aliphatic carbocycles. The summed E-state index contributed by atoms with van der Waals surface area (Å²) in [6, 6.07) is 5.83. The lowest BCUT2D eigenvalue weighted by atomic mass is 10.00. The Bertz CT molecular complexity index is 421. The van der Waals surface area contributed by atoms with Gasteiger partial charge >= 0.3 is 0 Å². The van der Waals surface area contributed by atoms with Crippen molar-refractivity contribution in [2.24, 2.45) is 5.92 Å². The molecule has 0 N–H and O–H groups in total. The number of ketones is 1. The molecule has 0 radical (unpaired) electrons. The van der Waals surface area contributed by atoms with Crippen LogP contribution >= 0.6 is 12.4 Å². The van der Waals surface area contributed by atoms with Crippen molar-refractivity contribution >= 4 is 18.2 Å². The van der Waals surface area contributed by atoms with Gasteiger partial charge in [0, 0.05) is 18.5 Å². The lowest BCUT2D eigenvalue weighted by Gasteiger charge is -2.30.